The summed E-state index contributed by atoms with van der Waals surface area (Å²) in [5.41, 5.74) is 7.66. The number of nitrogen functional groups attached to an aromatic ring is 1. The van der Waals surface area contributed by atoms with Crippen molar-refractivity contribution in [3.05, 3.63) is 29.3 Å². The lowest BCUT2D eigenvalue weighted by Gasteiger charge is -2.26. The fourth-order valence-electron chi connectivity index (χ4n) is 2.87. The van der Waals surface area contributed by atoms with Crippen LogP contribution in [0.1, 0.15) is 41.6 Å². The van der Waals surface area contributed by atoms with Crippen LogP contribution in [0.15, 0.2) is 18.2 Å². The molecule has 4 N–H and O–H groups in total. The Morgan fingerprint density at radius 2 is 2.11 bits per heavy atom. The van der Waals surface area contributed by atoms with E-state index in [2.05, 4.69) is 5.32 Å². The van der Waals surface area contributed by atoms with Crippen LogP contribution in [-0.4, -0.2) is 24.2 Å². The highest BCUT2D eigenvalue weighted by atomic mass is 16.3. The van der Waals surface area contributed by atoms with E-state index in [9.17, 15) is 9.90 Å². The molecule has 1 aliphatic rings. The first-order valence-corrected chi connectivity index (χ1v) is 6.82. The minimum absolute atomic E-state index is 0.132. The van der Waals surface area contributed by atoms with Gasteiger partial charge in [-0.2, -0.15) is 0 Å². The Kier molecular flexibility index (Phi) is 4.10. The second-order valence-electron chi connectivity index (χ2n) is 5.59. The van der Waals surface area contributed by atoms with Gasteiger partial charge in [-0.15, -0.1) is 0 Å². The molecule has 2 rings (SSSR count). The van der Waals surface area contributed by atoms with Gasteiger partial charge >= 0.3 is 0 Å². The van der Waals surface area contributed by atoms with Crippen molar-refractivity contribution in [3.8, 4) is 0 Å². The van der Waals surface area contributed by atoms with Crippen molar-refractivity contribution in [1.29, 1.82) is 0 Å². The molecule has 0 aromatic heterocycles. The SMILES string of the molecule is Cc1cccc(N)c1C(=O)NCC1(CO)CCCC1. The molecule has 0 bridgehead atoms. The van der Waals surface area contributed by atoms with Crippen molar-refractivity contribution >= 4 is 11.6 Å². The summed E-state index contributed by atoms with van der Waals surface area (Å²) in [6.07, 6.45) is 4.21. The third kappa shape index (κ3) is 2.89. The van der Waals surface area contributed by atoms with E-state index in [1.807, 2.05) is 19.1 Å². The summed E-state index contributed by atoms with van der Waals surface area (Å²) >= 11 is 0. The predicted octanol–water partition coefficient (Wildman–Crippen LogP) is 1.86. The van der Waals surface area contributed by atoms with Crippen LogP contribution >= 0.6 is 0 Å². The molecule has 104 valence electrons. The van der Waals surface area contributed by atoms with Crippen LogP contribution in [0.5, 0.6) is 0 Å². The first-order valence-electron chi connectivity index (χ1n) is 6.82. The zero-order chi connectivity index (χ0) is 13.9. The standard InChI is InChI=1S/C15H22N2O2/c1-11-5-4-6-12(16)13(11)14(19)17-9-15(10-18)7-2-3-8-15/h4-6,18H,2-3,7-10,16H2,1H3,(H,17,19). The Labute approximate surface area is 114 Å². The van der Waals surface area contributed by atoms with E-state index < -0.39 is 0 Å². The number of hydrogen-bond acceptors (Lipinski definition) is 3. The van der Waals surface area contributed by atoms with Gasteiger partial charge in [-0.3, -0.25) is 4.79 Å². The van der Waals surface area contributed by atoms with E-state index >= 15 is 0 Å². The maximum atomic E-state index is 12.2. The van der Waals surface area contributed by atoms with Crippen molar-refractivity contribution in [2.24, 2.45) is 5.41 Å². The Balaban J connectivity index is 2.05. The number of amides is 1. The minimum Gasteiger partial charge on any atom is -0.398 e. The van der Waals surface area contributed by atoms with Gasteiger partial charge in [0.05, 0.1) is 12.2 Å². The quantitative estimate of drug-likeness (QED) is 0.725. The van der Waals surface area contributed by atoms with Crippen LogP contribution in [0, 0.1) is 12.3 Å². The van der Waals surface area contributed by atoms with Crippen molar-refractivity contribution in [2.45, 2.75) is 32.6 Å². The lowest BCUT2D eigenvalue weighted by molar-refractivity contribution is 0.0881. The van der Waals surface area contributed by atoms with Crippen molar-refractivity contribution < 1.29 is 9.90 Å². The van der Waals surface area contributed by atoms with Crippen molar-refractivity contribution in [3.63, 3.8) is 0 Å². The number of nitrogens with one attached hydrogen (secondary N) is 1. The Morgan fingerprint density at radius 3 is 2.68 bits per heavy atom. The number of aliphatic hydroxyl groups is 1. The molecule has 1 aromatic carbocycles. The lowest BCUT2D eigenvalue weighted by atomic mass is 9.87. The molecule has 4 heteroatoms. The average Bonchev–Trinajstić information content (AvgIpc) is 2.86. The maximum Gasteiger partial charge on any atom is 0.253 e. The summed E-state index contributed by atoms with van der Waals surface area (Å²) in [5.74, 6) is -0.143. The van der Waals surface area contributed by atoms with E-state index in [-0.39, 0.29) is 17.9 Å². The average molecular weight is 262 g/mol. The van der Waals surface area contributed by atoms with Gasteiger partial charge in [0.2, 0.25) is 0 Å². The molecule has 0 saturated heterocycles. The van der Waals surface area contributed by atoms with Crippen LogP contribution < -0.4 is 11.1 Å². The summed E-state index contributed by atoms with van der Waals surface area (Å²) < 4.78 is 0. The number of aliphatic hydroxyl groups excluding tert-OH is 1. The van der Waals surface area contributed by atoms with Crippen LogP contribution in [-0.2, 0) is 0 Å². The number of nitrogens with two attached hydrogens (primary N) is 1. The molecule has 4 nitrogen and oxygen atoms in total. The second-order valence-corrected chi connectivity index (χ2v) is 5.59. The van der Waals surface area contributed by atoms with Gasteiger partial charge in [0.15, 0.2) is 0 Å². The molecule has 0 unspecified atom stereocenters. The molecule has 1 aliphatic carbocycles. The molecule has 1 aromatic rings. The van der Waals surface area contributed by atoms with E-state index in [1.54, 1.807) is 6.07 Å². The molecule has 0 aliphatic heterocycles. The van der Waals surface area contributed by atoms with Crippen LogP contribution in [0.4, 0.5) is 5.69 Å². The molecule has 0 radical (unpaired) electrons. The molecule has 1 saturated carbocycles. The Bertz CT molecular complexity index is 445. The van der Waals surface area contributed by atoms with Crippen molar-refractivity contribution in [2.75, 3.05) is 18.9 Å². The number of aryl methyl sites for hydroxylation is 1. The zero-order valence-electron chi connectivity index (χ0n) is 11.4. The highest BCUT2D eigenvalue weighted by molar-refractivity contribution is 6.00. The zero-order valence-corrected chi connectivity index (χ0v) is 11.4. The number of benzene rings is 1. The third-order valence-electron chi connectivity index (χ3n) is 4.16. The summed E-state index contributed by atoms with van der Waals surface area (Å²) in [6.45, 7) is 2.54. The van der Waals surface area contributed by atoms with Gasteiger partial charge < -0.3 is 16.2 Å². The number of hydrogen-bond donors (Lipinski definition) is 3. The molecular weight excluding hydrogens is 240 g/mol. The largest absolute Gasteiger partial charge is 0.398 e. The second kappa shape index (κ2) is 5.61. The molecule has 0 spiro atoms. The van der Waals surface area contributed by atoms with E-state index in [4.69, 9.17) is 5.73 Å². The fraction of sp³-hybridized carbons (Fsp3) is 0.533. The van der Waals surface area contributed by atoms with E-state index in [0.29, 0.717) is 17.8 Å². The van der Waals surface area contributed by atoms with Gasteiger partial charge in [-0.1, -0.05) is 25.0 Å². The summed E-state index contributed by atoms with van der Waals surface area (Å²) in [4.78, 5) is 12.2. The third-order valence-corrected chi connectivity index (χ3v) is 4.16. The lowest BCUT2D eigenvalue weighted by Crippen LogP contribution is -2.38. The number of carbonyl (C=O) groups is 1. The van der Waals surface area contributed by atoms with Crippen molar-refractivity contribution in [1.82, 2.24) is 5.32 Å². The number of rotatable bonds is 4. The highest BCUT2D eigenvalue weighted by Crippen LogP contribution is 2.37. The first-order chi connectivity index (χ1) is 9.08. The molecule has 0 atom stereocenters. The van der Waals surface area contributed by atoms with Gasteiger partial charge in [0.1, 0.15) is 0 Å². The topological polar surface area (TPSA) is 75.4 Å². The summed E-state index contributed by atoms with van der Waals surface area (Å²) in [6, 6.07) is 5.45. The fourth-order valence-corrected chi connectivity index (χ4v) is 2.87. The molecule has 19 heavy (non-hydrogen) atoms. The Morgan fingerprint density at radius 1 is 1.42 bits per heavy atom. The van der Waals surface area contributed by atoms with Gasteiger partial charge in [0, 0.05) is 17.6 Å². The summed E-state index contributed by atoms with van der Waals surface area (Å²) in [5, 5.41) is 12.5. The monoisotopic (exact) mass is 262 g/mol. The van der Waals surface area contributed by atoms with Crippen LogP contribution in [0.3, 0.4) is 0 Å². The molecule has 1 amide bonds. The predicted molar refractivity (Wildman–Crippen MR) is 75.9 cm³/mol. The van der Waals surface area contributed by atoms with Crippen LogP contribution in [0.2, 0.25) is 0 Å². The normalized spacial score (nSPS) is 17.4. The smallest absolute Gasteiger partial charge is 0.253 e. The Hall–Kier alpha value is -1.55. The van der Waals surface area contributed by atoms with E-state index in [1.165, 1.54) is 0 Å². The molecule has 0 heterocycles. The number of anilines is 1. The first kappa shape index (κ1) is 13.9. The maximum absolute atomic E-state index is 12.2. The highest BCUT2D eigenvalue weighted by Gasteiger charge is 2.33. The van der Waals surface area contributed by atoms with E-state index in [0.717, 1.165) is 31.2 Å². The van der Waals surface area contributed by atoms with Gasteiger partial charge in [-0.05, 0) is 31.4 Å². The van der Waals surface area contributed by atoms with Gasteiger partial charge in [0.25, 0.3) is 5.91 Å². The minimum atomic E-state index is -0.143. The molecule has 1 fully saturated rings. The summed E-state index contributed by atoms with van der Waals surface area (Å²) in [7, 11) is 0. The van der Waals surface area contributed by atoms with Crippen LogP contribution in [0.25, 0.3) is 0 Å². The van der Waals surface area contributed by atoms with Gasteiger partial charge in [-0.25, -0.2) is 0 Å². The molecular formula is C15H22N2O2. The number of carbonyl (C=O) groups excluding carboxylic acids is 1.